The predicted molar refractivity (Wildman–Crippen MR) is 145 cm³/mol. The van der Waals surface area contributed by atoms with Crippen LogP contribution < -0.4 is 5.06 Å². The second-order valence-corrected chi connectivity index (χ2v) is 9.51. The molecule has 2 atom stereocenters. The number of furan rings is 1. The maximum absolute atomic E-state index is 6.93. The van der Waals surface area contributed by atoms with Gasteiger partial charge in [0, 0.05) is 28.1 Å². The number of nitrogens with zero attached hydrogens (tertiary/aromatic N) is 1. The number of benzene rings is 4. The Balaban J connectivity index is 1.63. The van der Waals surface area contributed by atoms with E-state index in [4.69, 9.17) is 20.9 Å². The van der Waals surface area contributed by atoms with Crippen LogP contribution in [0.1, 0.15) is 40.2 Å². The minimum atomic E-state index is -0.235. The molecule has 0 spiro atoms. The summed E-state index contributed by atoms with van der Waals surface area (Å²) >= 11 is 6.48. The lowest BCUT2D eigenvalue weighted by molar-refractivity contribution is 0.0260. The number of hydrogen-bond donors (Lipinski definition) is 0. The maximum atomic E-state index is 6.93. The monoisotopic (exact) mass is 491 g/mol. The van der Waals surface area contributed by atoms with Crippen LogP contribution in [0.4, 0.5) is 5.69 Å². The molecule has 5 aromatic rings. The number of halogens is 1. The van der Waals surface area contributed by atoms with E-state index in [1.165, 1.54) is 5.56 Å². The first-order valence-electron chi connectivity index (χ1n) is 12.2. The Morgan fingerprint density at radius 2 is 1.39 bits per heavy atom. The molecule has 0 bridgehead atoms. The lowest BCUT2D eigenvalue weighted by Gasteiger charge is -2.34. The van der Waals surface area contributed by atoms with Gasteiger partial charge in [0.05, 0.1) is 5.69 Å². The van der Waals surface area contributed by atoms with Crippen molar-refractivity contribution < 1.29 is 9.25 Å². The van der Waals surface area contributed by atoms with Gasteiger partial charge in [-0.25, -0.2) is 5.06 Å². The lowest BCUT2D eigenvalue weighted by Crippen LogP contribution is -2.30. The molecule has 0 saturated carbocycles. The molecule has 0 aliphatic carbocycles. The van der Waals surface area contributed by atoms with Gasteiger partial charge in [0.15, 0.2) is 0 Å². The Morgan fingerprint density at radius 1 is 0.750 bits per heavy atom. The Kier molecular flexibility index (Phi) is 6.10. The molecule has 2 heterocycles. The van der Waals surface area contributed by atoms with E-state index < -0.39 is 0 Å². The van der Waals surface area contributed by atoms with E-state index in [-0.39, 0.29) is 12.1 Å². The van der Waals surface area contributed by atoms with Crippen LogP contribution in [0.15, 0.2) is 120 Å². The van der Waals surface area contributed by atoms with Crippen molar-refractivity contribution in [1.29, 1.82) is 0 Å². The average Bonchev–Trinajstić information content (AvgIpc) is 3.13. The van der Waals surface area contributed by atoms with Crippen molar-refractivity contribution in [2.75, 3.05) is 5.06 Å². The van der Waals surface area contributed by atoms with Gasteiger partial charge in [-0.1, -0.05) is 109 Å². The van der Waals surface area contributed by atoms with Crippen molar-refractivity contribution in [3.63, 3.8) is 0 Å². The largest absolute Gasteiger partial charge is 0.461 e. The summed E-state index contributed by atoms with van der Waals surface area (Å²) in [4.78, 5) is 6.93. The molecule has 1 aliphatic rings. The van der Waals surface area contributed by atoms with E-state index in [0.717, 1.165) is 39.5 Å². The number of fused-ring (bicyclic) bond motifs is 1. The van der Waals surface area contributed by atoms with Gasteiger partial charge in [-0.15, -0.1) is 0 Å². The fourth-order valence-corrected chi connectivity index (χ4v) is 5.27. The molecule has 0 amide bonds. The number of aryl methyl sites for hydroxylation is 1. The molecule has 0 N–H and O–H groups in total. The summed E-state index contributed by atoms with van der Waals surface area (Å²) in [6, 6.07) is 38.8. The molecule has 1 aromatic heterocycles. The molecule has 1 aliphatic heterocycles. The van der Waals surface area contributed by atoms with Crippen LogP contribution in [0.5, 0.6) is 0 Å². The third kappa shape index (κ3) is 4.21. The smallest absolute Gasteiger partial charge is 0.140 e. The summed E-state index contributed by atoms with van der Waals surface area (Å²) in [5.41, 5.74) is 6.48. The van der Waals surface area contributed by atoms with Gasteiger partial charge in [-0.2, -0.15) is 0 Å². The second-order valence-electron chi connectivity index (χ2n) is 9.07. The van der Waals surface area contributed by atoms with Crippen molar-refractivity contribution in [3.8, 4) is 11.3 Å². The Labute approximate surface area is 216 Å². The fraction of sp³-hybridized carbons (Fsp3) is 0.125. The first-order chi connectivity index (χ1) is 17.7. The number of anilines is 1. The quantitative estimate of drug-likeness (QED) is 0.251. The van der Waals surface area contributed by atoms with Crippen LogP contribution in [0, 0.1) is 6.92 Å². The standard InChI is InChI=1S/C32H26ClNO2/c1-22-28-21-29(23-12-5-2-6-13-23)36-34(27-19-11-18-26(33)20-27)31(24-14-7-3-8-15-24)30(28)32(35-22)25-16-9-4-10-17-25/h2-20,29,31H,21H2,1H3/t29-,31-/m1/s1. The highest BCUT2D eigenvalue weighted by atomic mass is 35.5. The zero-order chi connectivity index (χ0) is 24.5. The molecule has 3 nitrogen and oxygen atoms in total. The van der Waals surface area contributed by atoms with Crippen molar-refractivity contribution in [2.45, 2.75) is 25.5 Å². The van der Waals surface area contributed by atoms with Gasteiger partial charge in [0.2, 0.25) is 0 Å². The van der Waals surface area contributed by atoms with Gasteiger partial charge in [0.25, 0.3) is 0 Å². The highest BCUT2D eigenvalue weighted by Gasteiger charge is 2.38. The normalized spacial score (nSPS) is 17.4. The van der Waals surface area contributed by atoms with Gasteiger partial charge >= 0.3 is 0 Å². The van der Waals surface area contributed by atoms with Crippen LogP contribution >= 0.6 is 11.6 Å². The third-order valence-corrected chi connectivity index (χ3v) is 7.01. The van der Waals surface area contributed by atoms with Gasteiger partial charge in [0.1, 0.15) is 23.7 Å². The van der Waals surface area contributed by atoms with Crippen molar-refractivity contribution in [1.82, 2.24) is 0 Å². The molecule has 0 saturated heterocycles. The van der Waals surface area contributed by atoms with Crippen molar-refractivity contribution in [3.05, 3.63) is 148 Å². The van der Waals surface area contributed by atoms with Gasteiger partial charge in [-0.3, -0.25) is 4.84 Å². The van der Waals surface area contributed by atoms with Crippen LogP contribution in [0.3, 0.4) is 0 Å². The van der Waals surface area contributed by atoms with E-state index >= 15 is 0 Å². The summed E-state index contributed by atoms with van der Waals surface area (Å²) in [5.74, 6) is 1.79. The zero-order valence-corrected chi connectivity index (χ0v) is 20.7. The lowest BCUT2D eigenvalue weighted by atomic mass is 9.89. The Hall–Kier alpha value is -3.79. The third-order valence-electron chi connectivity index (χ3n) is 6.77. The van der Waals surface area contributed by atoms with Crippen LogP contribution in [-0.2, 0) is 11.3 Å². The molecule has 6 rings (SSSR count). The summed E-state index contributed by atoms with van der Waals surface area (Å²) in [7, 11) is 0. The van der Waals surface area contributed by atoms with Gasteiger partial charge < -0.3 is 4.42 Å². The summed E-state index contributed by atoms with van der Waals surface area (Å²) in [6.07, 6.45) is 0.500. The molecule has 178 valence electrons. The number of rotatable bonds is 4. The minimum Gasteiger partial charge on any atom is -0.461 e. The molecule has 36 heavy (non-hydrogen) atoms. The van der Waals surface area contributed by atoms with Crippen LogP contribution in [-0.4, -0.2) is 0 Å². The zero-order valence-electron chi connectivity index (χ0n) is 20.0. The van der Waals surface area contributed by atoms with E-state index in [1.54, 1.807) is 0 Å². The summed E-state index contributed by atoms with van der Waals surface area (Å²) < 4.78 is 6.54. The Bertz CT molecular complexity index is 1460. The first kappa shape index (κ1) is 22.7. The highest BCUT2D eigenvalue weighted by Crippen LogP contribution is 2.48. The van der Waals surface area contributed by atoms with E-state index in [9.17, 15) is 0 Å². The van der Waals surface area contributed by atoms with E-state index in [1.807, 2.05) is 59.7 Å². The van der Waals surface area contributed by atoms with Crippen LogP contribution in [0.25, 0.3) is 11.3 Å². The highest BCUT2D eigenvalue weighted by molar-refractivity contribution is 6.30. The second kappa shape index (κ2) is 9.69. The molecule has 0 unspecified atom stereocenters. The number of hydrogen-bond acceptors (Lipinski definition) is 3. The van der Waals surface area contributed by atoms with E-state index in [0.29, 0.717) is 11.4 Å². The predicted octanol–water partition coefficient (Wildman–Crippen LogP) is 8.73. The summed E-state index contributed by atoms with van der Waals surface area (Å²) in [6.45, 7) is 2.06. The topological polar surface area (TPSA) is 25.6 Å². The first-order valence-corrected chi connectivity index (χ1v) is 12.6. The Morgan fingerprint density at radius 3 is 2.06 bits per heavy atom. The molecular formula is C32H26ClNO2. The minimum absolute atomic E-state index is 0.197. The fourth-order valence-electron chi connectivity index (χ4n) is 5.09. The maximum Gasteiger partial charge on any atom is 0.140 e. The molecule has 4 aromatic carbocycles. The van der Waals surface area contributed by atoms with E-state index in [2.05, 4.69) is 67.6 Å². The SMILES string of the molecule is Cc1oc(-c2ccccc2)c2c1C[C@H](c1ccccc1)ON(c1cccc(Cl)c1)[C@@H]2c1ccccc1. The average molecular weight is 492 g/mol. The summed E-state index contributed by atoms with van der Waals surface area (Å²) in [5, 5.41) is 2.68. The van der Waals surface area contributed by atoms with Crippen molar-refractivity contribution in [2.24, 2.45) is 0 Å². The molecule has 0 radical (unpaired) electrons. The van der Waals surface area contributed by atoms with Crippen molar-refractivity contribution >= 4 is 17.3 Å². The number of hydroxylamine groups is 1. The molecular weight excluding hydrogens is 466 g/mol. The van der Waals surface area contributed by atoms with Crippen LogP contribution in [0.2, 0.25) is 5.02 Å². The molecule has 0 fully saturated rings. The molecule has 4 heteroatoms. The van der Waals surface area contributed by atoms with Gasteiger partial charge in [-0.05, 0) is 36.2 Å².